The third-order valence-corrected chi connectivity index (χ3v) is 3.22. The van der Waals surface area contributed by atoms with Gasteiger partial charge in [0.25, 0.3) is 5.91 Å². The Balaban J connectivity index is 2.21. The molecule has 19 heavy (non-hydrogen) atoms. The Kier molecular flexibility index (Phi) is 3.83. The predicted octanol–water partition coefficient (Wildman–Crippen LogP) is 2.07. The van der Waals surface area contributed by atoms with Crippen LogP contribution in [-0.4, -0.2) is 35.0 Å². The zero-order valence-electron chi connectivity index (χ0n) is 10.7. The summed E-state index contributed by atoms with van der Waals surface area (Å²) in [4.78, 5) is 24.4. The van der Waals surface area contributed by atoms with Gasteiger partial charge in [-0.15, -0.1) is 0 Å². The number of carbonyl (C=O) groups excluding carboxylic acids is 1. The normalized spacial score (nSPS) is 14.2. The molecule has 1 aliphatic rings. The van der Waals surface area contributed by atoms with E-state index in [4.69, 9.17) is 5.11 Å². The number of hydrogen-bond donors (Lipinski definition) is 1. The van der Waals surface area contributed by atoms with Crippen LogP contribution < -0.4 is 0 Å². The highest BCUT2D eigenvalue weighted by Gasteiger charge is 2.29. The molecule has 1 amide bonds. The molecule has 0 radical (unpaired) electrons. The topological polar surface area (TPSA) is 57.6 Å². The summed E-state index contributed by atoms with van der Waals surface area (Å²) in [6.07, 6.45) is 2.04. The molecule has 1 aromatic rings. The lowest BCUT2D eigenvalue weighted by atomic mass is 10.1. The van der Waals surface area contributed by atoms with Crippen molar-refractivity contribution in [2.75, 3.05) is 13.1 Å². The van der Waals surface area contributed by atoms with Gasteiger partial charge in [0.15, 0.2) is 0 Å². The number of benzene rings is 1. The Morgan fingerprint density at radius 2 is 2.11 bits per heavy atom. The molecule has 5 heteroatoms. The SMILES string of the molecule is Cc1ccc(F)cc1C(=O)N(CC(=O)O)CC1CC1. The molecule has 2 rings (SSSR count). The molecular weight excluding hydrogens is 249 g/mol. The molecule has 1 aromatic carbocycles. The standard InChI is InChI=1S/C14H16FNO3/c1-9-2-5-11(15)6-12(9)14(19)16(8-13(17)18)7-10-3-4-10/h2,5-6,10H,3-4,7-8H2,1H3,(H,17,18). The van der Waals surface area contributed by atoms with E-state index < -0.39 is 17.7 Å². The number of rotatable bonds is 5. The van der Waals surface area contributed by atoms with Gasteiger partial charge in [0.05, 0.1) is 0 Å². The smallest absolute Gasteiger partial charge is 0.323 e. The minimum absolute atomic E-state index is 0.238. The van der Waals surface area contributed by atoms with Gasteiger partial charge >= 0.3 is 5.97 Å². The molecular formula is C14H16FNO3. The molecule has 0 saturated heterocycles. The third-order valence-electron chi connectivity index (χ3n) is 3.22. The van der Waals surface area contributed by atoms with Crippen molar-refractivity contribution >= 4 is 11.9 Å². The number of carboxylic acid groups (broad SMARTS) is 1. The van der Waals surface area contributed by atoms with Crippen molar-refractivity contribution in [3.63, 3.8) is 0 Å². The van der Waals surface area contributed by atoms with Gasteiger partial charge in [0.2, 0.25) is 0 Å². The van der Waals surface area contributed by atoms with Crippen LogP contribution in [0.15, 0.2) is 18.2 Å². The minimum Gasteiger partial charge on any atom is -0.480 e. The molecule has 0 unspecified atom stereocenters. The highest BCUT2D eigenvalue weighted by atomic mass is 19.1. The van der Waals surface area contributed by atoms with E-state index in [2.05, 4.69) is 0 Å². The summed E-state index contributed by atoms with van der Waals surface area (Å²) in [5.41, 5.74) is 0.888. The maximum absolute atomic E-state index is 13.2. The summed E-state index contributed by atoms with van der Waals surface area (Å²) >= 11 is 0. The van der Waals surface area contributed by atoms with Crippen LogP contribution >= 0.6 is 0 Å². The van der Waals surface area contributed by atoms with E-state index in [0.717, 1.165) is 12.8 Å². The van der Waals surface area contributed by atoms with Crippen molar-refractivity contribution in [2.45, 2.75) is 19.8 Å². The average Bonchev–Trinajstić information content (AvgIpc) is 3.14. The van der Waals surface area contributed by atoms with E-state index in [1.54, 1.807) is 6.92 Å². The molecule has 0 heterocycles. The minimum atomic E-state index is -1.05. The second kappa shape index (κ2) is 5.38. The molecule has 0 atom stereocenters. The van der Waals surface area contributed by atoms with Crippen molar-refractivity contribution in [3.8, 4) is 0 Å². The zero-order valence-corrected chi connectivity index (χ0v) is 10.7. The van der Waals surface area contributed by atoms with Crippen molar-refractivity contribution < 1.29 is 19.1 Å². The Morgan fingerprint density at radius 1 is 1.42 bits per heavy atom. The summed E-state index contributed by atoms with van der Waals surface area (Å²) in [6.45, 7) is 1.80. The van der Waals surface area contributed by atoms with Crippen molar-refractivity contribution in [3.05, 3.63) is 35.1 Å². The summed E-state index contributed by atoms with van der Waals surface area (Å²) < 4.78 is 13.2. The molecule has 1 N–H and O–H groups in total. The van der Waals surface area contributed by atoms with Gasteiger partial charge in [0, 0.05) is 12.1 Å². The van der Waals surface area contributed by atoms with Gasteiger partial charge in [-0.25, -0.2) is 4.39 Å². The number of halogens is 1. The largest absolute Gasteiger partial charge is 0.480 e. The van der Waals surface area contributed by atoms with E-state index >= 15 is 0 Å². The lowest BCUT2D eigenvalue weighted by molar-refractivity contribution is -0.137. The second-order valence-corrected chi connectivity index (χ2v) is 4.98. The Hall–Kier alpha value is -1.91. The number of aryl methyl sites for hydroxylation is 1. The summed E-state index contributed by atoms with van der Waals surface area (Å²) in [5, 5.41) is 8.87. The molecule has 0 spiro atoms. The first kappa shape index (κ1) is 13.5. The molecule has 0 aliphatic heterocycles. The fourth-order valence-electron chi connectivity index (χ4n) is 1.99. The van der Waals surface area contributed by atoms with Gasteiger partial charge in [0.1, 0.15) is 12.4 Å². The molecule has 4 nitrogen and oxygen atoms in total. The molecule has 1 aliphatic carbocycles. The van der Waals surface area contributed by atoms with Gasteiger partial charge in [-0.2, -0.15) is 0 Å². The van der Waals surface area contributed by atoms with Crippen LogP contribution in [0, 0.1) is 18.7 Å². The highest BCUT2D eigenvalue weighted by Crippen LogP contribution is 2.30. The number of carbonyl (C=O) groups is 2. The zero-order chi connectivity index (χ0) is 14.0. The maximum atomic E-state index is 13.2. The number of aliphatic carboxylic acids is 1. The van der Waals surface area contributed by atoms with E-state index in [1.165, 1.54) is 23.1 Å². The fraction of sp³-hybridized carbons (Fsp3) is 0.429. The summed E-state index contributed by atoms with van der Waals surface area (Å²) in [6, 6.07) is 3.98. The van der Waals surface area contributed by atoms with Crippen LogP contribution in [0.25, 0.3) is 0 Å². The number of carboxylic acids is 1. The van der Waals surface area contributed by atoms with Crippen LogP contribution in [0.4, 0.5) is 4.39 Å². The number of nitrogens with zero attached hydrogens (tertiary/aromatic N) is 1. The average molecular weight is 265 g/mol. The molecule has 102 valence electrons. The van der Waals surface area contributed by atoms with Crippen molar-refractivity contribution in [1.29, 1.82) is 0 Å². The van der Waals surface area contributed by atoms with Crippen LogP contribution in [0.3, 0.4) is 0 Å². The van der Waals surface area contributed by atoms with Crippen molar-refractivity contribution in [2.24, 2.45) is 5.92 Å². The lowest BCUT2D eigenvalue weighted by Gasteiger charge is -2.21. The maximum Gasteiger partial charge on any atom is 0.323 e. The molecule has 0 aromatic heterocycles. The first-order chi connectivity index (χ1) is 8.97. The number of hydrogen-bond acceptors (Lipinski definition) is 2. The Morgan fingerprint density at radius 3 is 2.68 bits per heavy atom. The van der Waals surface area contributed by atoms with E-state index in [1.807, 2.05) is 0 Å². The van der Waals surface area contributed by atoms with Gasteiger partial charge in [-0.05, 0) is 43.4 Å². The van der Waals surface area contributed by atoms with Crippen molar-refractivity contribution in [1.82, 2.24) is 4.90 Å². The Labute approximate surface area is 110 Å². The van der Waals surface area contributed by atoms with E-state index in [-0.39, 0.29) is 12.1 Å². The lowest BCUT2D eigenvalue weighted by Crippen LogP contribution is -2.37. The predicted molar refractivity (Wildman–Crippen MR) is 67.4 cm³/mol. The second-order valence-electron chi connectivity index (χ2n) is 4.98. The number of amides is 1. The first-order valence-corrected chi connectivity index (χ1v) is 6.24. The summed E-state index contributed by atoms with van der Waals surface area (Å²) in [5.74, 6) is -1.57. The van der Waals surface area contributed by atoms with Crippen LogP contribution in [0.2, 0.25) is 0 Å². The first-order valence-electron chi connectivity index (χ1n) is 6.24. The molecule has 1 fully saturated rings. The quantitative estimate of drug-likeness (QED) is 0.886. The van der Waals surface area contributed by atoms with E-state index in [0.29, 0.717) is 18.0 Å². The van der Waals surface area contributed by atoms with Crippen LogP contribution in [0.5, 0.6) is 0 Å². The monoisotopic (exact) mass is 265 g/mol. The van der Waals surface area contributed by atoms with Gasteiger partial charge in [-0.3, -0.25) is 9.59 Å². The fourth-order valence-corrected chi connectivity index (χ4v) is 1.99. The van der Waals surface area contributed by atoms with E-state index in [9.17, 15) is 14.0 Å². The molecule has 1 saturated carbocycles. The Bertz CT molecular complexity index is 511. The van der Waals surface area contributed by atoms with Crippen LogP contribution in [0.1, 0.15) is 28.8 Å². The van der Waals surface area contributed by atoms with Crippen LogP contribution in [-0.2, 0) is 4.79 Å². The molecule has 0 bridgehead atoms. The highest BCUT2D eigenvalue weighted by molar-refractivity contribution is 5.97. The third kappa shape index (κ3) is 3.53. The summed E-state index contributed by atoms with van der Waals surface area (Å²) in [7, 11) is 0. The van der Waals surface area contributed by atoms with Gasteiger partial charge in [-0.1, -0.05) is 6.07 Å². The van der Waals surface area contributed by atoms with Gasteiger partial charge < -0.3 is 10.0 Å².